The number of carbonyl (C=O) groups excluding carboxylic acids is 2. The number of nitrogens with one attached hydrogen (secondary N) is 1. The number of hydrogen-bond donors (Lipinski definition) is 1. The summed E-state index contributed by atoms with van der Waals surface area (Å²) in [7, 11) is 0. The van der Waals surface area contributed by atoms with Gasteiger partial charge in [0, 0.05) is 49.0 Å². The molecule has 0 saturated heterocycles. The first-order valence-corrected chi connectivity index (χ1v) is 10.5. The van der Waals surface area contributed by atoms with Crippen LogP contribution in [-0.4, -0.2) is 38.9 Å². The minimum Gasteiger partial charge on any atom is -0.349 e. The molecule has 162 valence electrons. The summed E-state index contributed by atoms with van der Waals surface area (Å²) >= 11 is 0. The number of benzene rings is 1. The molecule has 0 atom stereocenters. The highest BCUT2D eigenvalue weighted by atomic mass is 19.1. The highest BCUT2D eigenvalue weighted by Gasteiger charge is 2.31. The fraction of sp³-hybridized carbons (Fsp3) is 0.250. The molecule has 1 N–H and O–H groups in total. The molecular weight excluding hydrogens is 411 g/mol. The van der Waals surface area contributed by atoms with E-state index >= 15 is 0 Å². The maximum absolute atomic E-state index is 13.4. The number of nitrogens with zero attached hydrogens (tertiary/aromatic N) is 3. The minimum absolute atomic E-state index is 0.102. The summed E-state index contributed by atoms with van der Waals surface area (Å²) < 4.78 is 14.8. The van der Waals surface area contributed by atoms with Gasteiger partial charge < -0.3 is 10.2 Å². The summed E-state index contributed by atoms with van der Waals surface area (Å²) in [5.74, 6) is -0.943. The van der Waals surface area contributed by atoms with E-state index in [1.54, 1.807) is 35.6 Å². The molecule has 32 heavy (non-hydrogen) atoms. The summed E-state index contributed by atoms with van der Waals surface area (Å²) in [6.45, 7) is 0.666. The van der Waals surface area contributed by atoms with Gasteiger partial charge in [0.2, 0.25) is 0 Å². The lowest BCUT2D eigenvalue weighted by atomic mass is 9.95. The number of aromatic nitrogens is 2. The molecule has 0 unspecified atom stereocenters. The molecule has 3 aromatic rings. The quantitative estimate of drug-likeness (QED) is 0.687. The van der Waals surface area contributed by atoms with Gasteiger partial charge in [0.25, 0.3) is 17.4 Å². The van der Waals surface area contributed by atoms with Crippen LogP contribution < -0.4 is 10.9 Å². The van der Waals surface area contributed by atoms with Crippen molar-refractivity contribution >= 4 is 11.8 Å². The molecule has 5 rings (SSSR count). The van der Waals surface area contributed by atoms with Crippen LogP contribution in [0, 0.1) is 5.82 Å². The second-order valence-electron chi connectivity index (χ2n) is 8.12. The fourth-order valence-corrected chi connectivity index (χ4v) is 4.02. The molecule has 2 aromatic heterocycles. The molecule has 2 aliphatic rings. The number of pyridine rings is 2. The number of amides is 2. The Labute approximate surface area is 183 Å². The molecule has 0 bridgehead atoms. The number of carbonyl (C=O) groups is 2. The summed E-state index contributed by atoms with van der Waals surface area (Å²) in [6.07, 6.45) is 7.00. The Hall–Kier alpha value is -3.81. The number of halogens is 1. The van der Waals surface area contributed by atoms with E-state index in [1.807, 2.05) is 0 Å². The van der Waals surface area contributed by atoms with E-state index in [-0.39, 0.29) is 30.0 Å². The third kappa shape index (κ3) is 3.79. The van der Waals surface area contributed by atoms with Gasteiger partial charge >= 0.3 is 0 Å². The van der Waals surface area contributed by atoms with Crippen LogP contribution in [0.4, 0.5) is 4.39 Å². The molecule has 8 heteroatoms. The zero-order chi connectivity index (χ0) is 22.2. The van der Waals surface area contributed by atoms with Crippen molar-refractivity contribution in [2.75, 3.05) is 6.54 Å². The van der Waals surface area contributed by atoms with Crippen LogP contribution in [0.25, 0.3) is 5.69 Å². The number of hydrogen-bond acceptors (Lipinski definition) is 4. The Morgan fingerprint density at radius 3 is 2.47 bits per heavy atom. The van der Waals surface area contributed by atoms with Crippen LogP contribution in [0.2, 0.25) is 0 Å². The van der Waals surface area contributed by atoms with Crippen molar-refractivity contribution in [3.05, 3.63) is 93.4 Å². The maximum Gasteiger partial charge on any atom is 0.268 e. The molecule has 2 amide bonds. The summed E-state index contributed by atoms with van der Waals surface area (Å²) in [5, 5.41) is 2.91. The van der Waals surface area contributed by atoms with Crippen LogP contribution in [0.15, 0.2) is 59.8 Å². The molecule has 1 fully saturated rings. The Morgan fingerprint density at radius 2 is 1.78 bits per heavy atom. The van der Waals surface area contributed by atoms with Crippen molar-refractivity contribution in [3.8, 4) is 5.69 Å². The molecule has 7 nitrogen and oxygen atoms in total. The largest absolute Gasteiger partial charge is 0.349 e. The first-order chi connectivity index (χ1) is 15.5. The predicted octanol–water partition coefficient (Wildman–Crippen LogP) is 2.46. The van der Waals surface area contributed by atoms with Crippen LogP contribution in [0.5, 0.6) is 0 Å². The number of fused-ring (bicyclic) bond motifs is 1. The van der Waals surface area contributed by atoms with E-state index in [0.717, 1.165) is 18.4 Å². The average molecular weight is 432 g/mol. The van der Waals surface area contributed by atoms with E-state index in [1.165, 1.54) is 28.8 Å². The van der Waals surface area contributed by atoms with Gasteiger partial charge in [-0.1, -0.05) is 0 Å². The predicted molar refractivity (Wildman–Crippen MR) is 115 cm³/mol. The first-order valence-electron chi connectivity index (χ1n) is 10.5. The van der Waals surface area contributed by atoms with Crippen molar-refractivity contribution in [2.24, 2.45) is 0 Å². The lowest BCUT2D eigenvalue weighted by Crippen LogP contribution is -2.41. The second-order valence-corrected chi connectivity index (χ2v) is 8.12. The molecule has 1 aromatic carbocycles. The van der Waals surface area contributed by atoms with E-state index in [0.29, 0.717) is 29.8 Å². The monoisotopic (exact) mass is 432 g/mol. The molecule has 1 saturated carbocycles. The van der Waals surface area contributed by atoms with Crippen LogP contribution >= 0.6 is 0 Å². The molecule has 3 heterocycles. The van der Waals surface area contributed by atoms with Crippen molar-refractivity contribution in [2.45, 2.75) is 31.8 Å². The molecule has 0 spiro atoms. The average Bonchev–Trinajstić information content (AvgIpc) is 3.63. The topological polar surface area (TPSA) is 84.3 Å². The Kier molecular flexibility index (Phi) is 5.05. The van der Waals surface area contributed by atoms with E-state index in [9.17, 15) is 18.8 Å². The van der Waals surface area contributed by atoms with Gasteiger partial charge in [0.05, 0.1) is 0 Å². The summed E-state index contributed by atoms with van der Waals surface area (Å²) in [6, 6.07) is 8.94. The molecule has 1 aliphatic heterocycles. The number of rotatable bonds is 4. The maximum atomic E-state index is 13.4. The third-order valence-corrected chi connectivity index (χ3v) is 5.86. The standard InChI is InChI=1S/C24H21FN4O3/c25-17-1-5-19(6-2-17)29-14-16-13-28(23(31)15-7-10-26-11-8-15)12-9-20(16)21(24(29)32)22(30)27-18-3-4-18/h1-2,5-8,10-11,14,18H,3-4,9,12-13H2,(H,27,30). The van der Waals surface area contributed by atoms with E-state index in [4.69, 9.17) is 0 Å². The van der Waals surface area contributed by atoms with Crippen LogP contribution in [0.3, 0.4) is 0 Å². The van der Waals surface area contributed by atoms with Gasteiger partial charge in [-0.25, -0.2) is 4.39 Å². The minimum atomic E-state index is -0.442. The van der Waals surface area contributed by atoms with Crippen molar-refractivity contribution < 1.29 is 14.0 Å². The van der Waals surface area contributed by atoms with Gasteiger partial charge in [-0.2, -0.15) is 0 Å². The highest BCUT2D eigenvalue weighted by molar-refractivity contribution is 5.97. The van der Waals surface area contributed by atoms with Crippen LogP contribution in [-0.2, 0) is 13.0 Å². The third-order valence-electron chi connectivity index (χ3n) is 5.86. The highest BCUT2D eigenvalue weighted by Crippen LogP contribution is 2.25. The fourth-order valence-electron chi connectivity index (χ4n) is 4.02. The van der Waals surface area contributed by atoms with Crippen molar-refractivity contribution in [3.63, 3.8) is 0 Å². The lowest BCUT2D eigenvalue weighted by Gasteiger charge is -2.30. The Morgan fingerprint density at radius 1 is 1.06 bits per heavy atom. The summed E-state index contributed by atoms with van der Waals surface area (Å²) in [4.78, 5) is 44.9. The van der Waals surface area contributed by atoms with Crippen LogP contribution in [0.1, 0.15) is 44.7 Å². The van der Waals surface area contributed by atoms with Gasteiger partial charge in [-0.3, -0.25) is 23.9 Å². The molecule has 1 aliphatic carbocycles. The first kappa shape index (κ1) is 20.1. The SMILES string of the molecule is O=C(NC1CC1)c1c2c(cn(-c3ccc(F)cc3)c1=O)CN(C(=O)c1ccncc1)CC2. The van der Waals surface area contributed by atoms with Crippen molar-refractivity contribution in [1.82, 2.24) is 19.8 Å². The smallest absolute Gasteiger partial charge is 0.268 e. The second kappa shape index (κ2) is 8.03. The van der Waals surface area contributed by atoms with E-state index < -0.39 is 11.4 Å². The molecule has 0 radical (unpaired) electrons. The zero-order valence-electron chi connectivity index (χ0n) is 17.3. The van der Waals surface area contributed by atoms with Crippen molar-refractivity contribution in [1.29, 1.82) is 0 Å². The van der Waals surface area contributed by atoms with Gasteiger partial charge in [0.1, 0.15) is 11.4 Å². The zero-order valence-corrected chi connectivity index (χ0v) is 17.3. The van der Waals surface area contributed by atoms with E-state index in [2.05, 4.69) is 10.3 Å². The Balaban J connectivity index is 1.57. The van der Waals surface area contributed by atoms with Gasteiger partial charge in [-0.05, 0) is 66.8 Å². The van der Waals surface area contributed by atoms with Gasteiger partial charge in [-0.15, -0.1) is 0 Å². The summed E-state index contributed by atoms with van der Waals surface area (Å²) in [5.41, 5.74) is 2.05. The molecular formula is C24H21FN4O3. The normalized spacial score (nSPS) is 15.2. The van der Waals surface area contributed by atoms with Gasteiger partial charge in [0.15, 0.2) is 0 Å². The lowest BCUT2D eigenvalue weighted by molar-refractivity contribution is 0.0734. The Bertz CT molecular complexity index is 1250.